The molecule has 0 amide bonds. The highest BCUT2D eigenvalue weighted by Crippen LogP contribution is 2.11. The smallest absolute Gasteiger partial charge is 0.195 e. The first kappa shape index (κ1) is 12.7. The number of hydrogen-bond donors (Lipinski definition) is 1. The van der Waals surface area contributed by atoms with Gasteiger partial charge in [0.2, 0.25) is 0 Å². The molecule has 96 valence electrons. The molecule has 0 saturated carbocycles. The first-order valence-corrected chi connectivity index (χ1v) is 5.99. The lowest BCUT2D eigenvalue weighted by Crippen LogP contribution is -2.35. The summed E-state index contributed by atoms with van der Waals surface area (Å²) in [5.41, 5.74) is 1.17. The van der Waals surface area contributed by atoms with Crippen LogP contribution in [0.2, 0.25) is 0 Å². The molecule has 0 bridgehead atoms. The Balaban J connectivity index is 2.09. The van der Waals surface area contributed by atoms with E-state index in [0.29, 0.717) is 5.82 Å². The molecule has 2 aromatic rings. The molecular formula is C13H19N5. The number of rotatable bonds is 3. The van der Waals surface area contributed by atoms with Crippen LogP contribution in [-0.2, 0) is 13.6 Å². The van der Waals surface area contributed by atoms with Crippen molar-refractivity contribution < 1.29 is 0 Å². The monoisotopic (exact) mass is 245 g/mol. The molecule has 0 aliphatic carbocycles. The number of aryl methyl sites for hydroxylation is 1. The molecule has 0 radical (unpaired) electrons. The van der Waals surface area contributed by atoms with Crippen LogP contribution in [0.1, 0.15) is 26.3 Å². The van der Waals surface area contributed by atoms with Gasteiger partial charge in [0.15, 0.2) is 11.6 Å². The van der Waals surface area contributed by atoms with Crippen molar-refractivity contribution in [3.63, 3.8) is 0 Å². The van der Waals surface area contributed by atoms with Crippen molar-refractivity contribution in [3.8, 4) is 11.6 Å². The molecule has 0 aliphatic heterocycles. The van der Waals surface area contributed by atoms with E-state index in [0.717, 1.165) is 17.9 Å². The average molecular weight is 245 g/mol. The van der Waals surface area contributed by atoms with Crippen molar-refractivity contribution in [2.45, 2.75) is 32.9 Å². The van der Waals surface area contributed by atoms with Gasteiger partial charge in [-0.25, -0.2) is 15.0 Å². The Morgan fingerprint density at radius 3 is 2.33 bits per heavy atom. The van der Waals surface area contributed by atoms with Gasteiger partial charge in [-0.3, -0.25) is 0 Å². The molecule has 2 rings (SSSR count). The maximum Gasteiger partial charge on any atom is 0.195 e. The number of nitrogens with one attached hydrogen (secondary N) is 1. The first-order valence-electron chi connectivity index (χ1n) is 5.99. The van der Waals surface area contributed by atoms with Gasteiger partial charge in [-0.1, -0.05) is 0 Å². The second-order valence-corrected chi connectivity index (χ2v) is 5.38. The first-order chi connectivity index (χ1) is 8.46. The summed E-state index contributed by atoms with van der Waals surface area (Å²) in [6.45, 7) is 7.17. The Labute approximate surface area is 107 Å². The molecular weight excluding hydrogens is 226 g/mol. The number of nitrogens with zero attached hydrogens (tertiary/aromatic N) is 4. The van der Waals surface area contributed by atoms with Crippen LogP contribution >= 0.6 is 0 Å². The highest BCUT2D eigenvalue weighted by Gasteiger charge is 2.10. The molecule has 0 atom stereocenters. The Morgan fingerprint density at radius 2 is 1.83 bits per heavy atom. The molecule has 0 fully saturated rings. The van der Waals surface area contributed by atoms with Crippen LogP contribution in [-0.4, -0.2) is 25.1 Å². The van der Waals surface area contributed by atoms with Crippen LogP contribution in [0.4, 0.5) is 0 Å². The predicted octanol–water partition coefficient (Wildman–Crippen LogP) is 1.77. The summed E-state index contributed by atoms with van der Waals surface area (Å²) >= 11 is 0. The number of hydrogen-bond acceptors (Lipinski definition) is 4. The van der Waals surface area contributed by atoms with Gasteiger partial charge in [-0.15, -0.1) is 0 Å². The van der Waals surface area contributed by atoms with Crippen molar-refractivity contribution >= 4 is 0 Å². The second-order valence-electron chi connectivity index (χ2n) is 5.38. The van der Waals surface area contributed by atoms with Crippen LogP contribution in [0.15, 0.2) is 24.8 Å². The maximum atomic E-state index is 4.35. The Morgan fingerprint density at radius 1 is 1.17 bits per heavy atom. The Hall–Kier alpha value is -1.75. The van der Waals surface area contributed by atoms with E-state index in [2.05, 4.69) is 41.0 Å². The molecule has 0 spiro atoms. The third kappa shape index (κ3) is 3.13. The molecule has 5 heteroatoms. The molecule has 5 nitrogen and oxygen atoms in total. The molecule has 0 unspecified atom stereocenters. The van der Waals surface area contributed by atoms with Gasteiger partial charge in [0, 0.05) is 49.5 Å². The van der Waals surface area contributed by atoms with Crippen molar-refractivity contribution in [2.24, 2.45) is 7.05 Å². The van der Waals surface area contributed by atoms with Crippen LogP contribution in [0.3, 0.4) is 0 Å². The van der Waals surface area contributed by atoms with Crippen LogP contribution in [0.5, 0.6) is 0 Å². The second kappa shape index (κ2) is 4.86. The van der Waals surface area contributed by atoms with Gasteiger partial charge in [-0.2, -0.15) is 0 Å². The SMILES string of the molecule is Cn1ccnc1-c1ncc(CNC(C)(C)C)cn1. The summed E-state index contributed by atoms with van der Waals surface area (Å²) in [7, 11) is 1.93. The fourth-order valence-corrected chi connectivity index (χ4v) is 1.51. The summed E-state index contributed by atoms with van der Waals surface area (Å²) in [4.78, 5) is 12.9. The molecule has 0 saturated heterocycles. The lowest BCUT2D eigenvalue weighted by Gasteiger charge is -2.20. The highest BCUT2D eigenvalue weighted by molar-refractivity contribution is 5.43. The minimum atomic E-state index is 0.0956. The number of imidazole rings is 1. The summed E-state index contributed by atoms with van der Waals surface area (Å²) in [5, 5.41) is 3.40. The number of aromatic nitrogens is 4. The summed E-state index contributed by atoms with van der Waals surface area (Å²) in [6, 6.07) is 0. The van der Waals surface area contributed by atoms with Crippen molar-refractivity contribution in [1.29, 1.82) is 0 Å². The zero-order chi connectivity index (χ0) is 13.2. The normalized spacial score (nSPS) is 11.8. The van der Waals surface area contributed by atoms with E-state index < -0.39 is 0 Å². The topological polar surface area (TPSA) is 55.6 Å². The standard InChI is InChI=1S/C13H19N5/c1-13(2,3)17-9-10-7-15-11(16-8-10)12-14-5-6-18(12)4/h5-8,17H,9H2,1-4H3. The fourth-order valence-electron chi connectivity index (χ4n) is 1.51. The molecule has 2 aromatic heterocycles. The summed E-state index contributed by atoms with van der Waals surface area (Å²) < 4.78 is 1.91. The van der Waals surface area contributed by atoms with Crippen LogP contribution in [0.25, 0.3) is 11.6 Å². The largest absolute Gasteiger partial charge is 0.331 e. The third-order valence-electron chi connectivity index (χ3n) is 2.55. The van der Waals surface area contributed by atoms with E-state index in [1.807, 2.05) is 30.2 Å². The molecule has 18 heavy (non-hydrogen) atoms. The van der Waals surface area contributed by atoms with Crippen molar-refractivity contribution in [1.82, 2.24) is 24.8 Å². The average Bonchev–Trinajstić information content (AvgIpc) is 2.73. The van der Waals surface area contributed by atoms with Gasteiger partial charge in [0.1, 0.15) is 0 Å². The van der Waals surface area contributed by atoms with E-state index in [1.165, 1.54) is 0 Å². The highest BCUT2D eigenvalue weighted by atomic mass is 15.1. The van der Waals surface area contributed by atoms with Gasteiger partial charge < -0.3 is 9.88 Å². The lowest BCUT2D eigenvalue weighted by molar-refractivity contribution is 0.423. The van der Waals surface area contributed by atoms with Gasteiger partial charge in [-0.05, 0) is 20.8 Å². The van der Waals surface area contributed by atoms with E-state index in [-0.39, 0.29) is 5.54 Å². The van der Waals surface area contributed by atoms with Gasteiger partial charge in [0.05, 0.1) is 0 Å². The molecule has 0 aromatic carbocycles. The van der Waals surface area contributed by atoms with E-state index in [9.17, 15) is 0 Å². The Kier molecular flexibility index (Phi) is 3.43. The Bertz CT molecular complexity index is 507. The van der Waals surface area contributed by atoms with E-state index >= 15 is 0 Å². The zero-order valence-electron chi connectivity index (χ0n) is 11.3. The van der Waals surface area contributed by atoms with Crippen LogP contribution in [0, 0.1) is 0 Å². The molecule has 2 heterocycles. The van der Waals surface area contributed by atoms with Gasteiger partial charge >= 0.3 is 0 Å². The van der Waals surface area contributed by atoms with Crippen molar-refractivity contribution in [2.75, 3.05) is 0 Å². The molecule has 1 N–H and O–H groups in total. The van der Waals surface area contributed by atoms with Crippen molar-refractivity contribution in [3.05, 3.63) is 30.4 Å². The summed E-state index contributed by atoms with van der Waals surface area (Å²) in [6.07, 6.45) is 7.31. The van der Waals surface area contributed by atoms with Gasteiger partial charge in [0.25, 0.3) is 0 Å². The summed E-state index contributed by atoms with van der Waals surface area (Å²) in [5.74, 6) is 1.44. The fraction of sp³-hybridized carbons (Fsp3) is 0.462. The van der Waals surface area contributed by atoms with E-state index in [1.54, 1.807) is 6.20 Å². The van der Waals surface area contributed by atoms with E-state index in [4.69, 9.17) is 0 Å². The van der Waals surface area contributed by atoms with Crippen LogP contribution < -0.4 is 5.32 Å². The quantitative estimate of drug-likeness (QED) is 0.895. The molecule has 0 aliphatic rings. The zero-order valence-corrected chi connectivity index (χ0v) is 11.3. The predicted molar refractivity (Wildman–Crippen MR) is 70.8 cm³/mol. The minimum absolute atomic E-state index is 0.0956. The minimum Gasteiger partial charge on any atom is -0.331 e. The maximum absolute atomic E-state index is 4.35. The third-order valence-corrected chi connectivity index (χ3v) is 2.55. The lowest BCUT2D eigenvalue weighted by atomic mass is 10.1.